The Morgan fingerprint density at radius 3 is 2.76 bits per heavy atom. The summed E-state index contributed by atoms with van der Waals surface area (Å²) in [6.07, 6.45) is 1.92. The van der Waals surface area contributed by atoms with Crippen molar-refractivity contribution in [2.24, 2.45) is 0 Å². The van der Waals surface area contributed by atoms with Crippen molar-refractivity contribution < 1.29 is 9.13 Å². The minimum atomic E-state index is -0.270. The van der Waals surface area contributed by atoms with E-state index < -0.39 is 0 Å². The summed E-state index contributed by atoms with van der Waals surface area (Å²) in [5, 5.41) is 1.51. The number of para-hydroxylation sites is 1. The Labute approximate surface area is 126 Å². The molecule has 0 unspecified atom stereocenters. The maximum absolute atomic E-state index is 13.2. The van der Waals surface area contributed by atoms with Crippen molar-refractivity contribution in [3.63, 3.8) is 0 Å². The lowest BCUT2D eigenvalue weighted by atomic mass is 10.2. The fraction of sp³-hybridized carbons (Fsp3) is 0.125. The molecule has 0 N–H and O–H groups in total. The van der Waals surface area contributed by atoms with Gasteiger partial charge in [0.15, 0.2) is 5.16 Å². The lowest BCUT2D eigenvalue weighted by molar-refractivity contribution is 0.294. The van der Waals surface area contributed by atoms with Crippen molar-refractivity contribution in [1.82, 2.24) is 9.97 Å². The Morgan fingerprint density at radius 1 is 1.10 bits per heavy atom. The van der Waals surface area contributed by atoms with Crippen LogP contribution >= 0.6 is 11.8 Å². The number of hydrogen-bond donors (Lipinski definition) is 0. The molecule has 3 nitrogen and oxygen atoms in total. The fourth-order valence-corrected chi connectivity index (χ4v) is 2.37. The topological polar surface area (TPSA) is 35.0 Å². The molecule has 106 valence electrons. The van der Waals surface area contributed by atoms with E-state index in [2.05, 4.69) is 9.97 Å². The second-order valence-electron chi connectivity index (χ2n) is 4.45. The SMILES string of the molecule is CSc1nc(OCc2cccc(F)c2)c2ccccc2n1. The number of aromatic nitrogens is 2. The van der Waals surface area contributed by atoms with E-state index in [1.54, 1.807) is 6.07 Å². The van der Waals surface area contributed by atoms with Crippen molar-refractivity contribution >= 4 is 22.7 Å². The minimum absolute atomic E-state index is 0.270. The van der Waals surface area contributed by atoms with Crippen LogP contribution in [0, 0.1) is 5.82 Å². The molecule has 21 heavy (non-hydrogen) atoms. The normalized spacial score (nSPS) is 10.8. The Kier molecular flexibility index (Phi) is 4.01. The lowest BCUT2D eigenvalue weighted by Gasteiger charge is -2.09. The third-order valence-corrected chi connectivity index (χ3v) is 3.54. The number of fused-ring (bicyclic) bond motifs is 1. The molecule has 0 spiro atoms. The van der Waals surface area contributed by atoms with Gasteiger partial charge in [-0.1, -0.05) is 36.0 Å². The van der Waals surface area contributed by atoms with E-state index in [1.807, 2.05) is 36.6 Å². The second-order valence-corrected chi connectivity index (χ2v) is 5.22. The molecule has 0 aliphatic rings. The fourth-order valence-electron chi connectivity index (χ4n) is 2.01. The van der Waals surface area contributed by atoms with Gasteiger partial charge in [0.25, 0.3) is 0 Å². The van der Waals surface area contributed by atoms with Crippen molar-refractivity contribution in [3.8, 4) is 5.88 Å². The van der Waals surface area contributed by atoms with Gasteiger partial charge < -0.3 is 4.74 Å². The molecular formula is C16H13FN2OS. The van der Waals surface area contributed by atoms with Gasteiger partial charge in [0, 0.05) is 0 Å². The summed E-state index contributed by atoms with van der Waals surface area (Å²) in [7, 11) is 0. The highest BCUT2D eigenvalue weighted by molar-refractivity contribution is 7.98. The van der Waals surface area contributed by atoms with Gasteiger partial charge in [0.05, 0.1) is 10.9 Å². The molecular weight excluding hydrogens is 287 g/mol. The molecule has 0 saturated heterocycles. The largest absolute Gasteiger partial charge is 0.472 e. The average molecular weight is 300 g/mol. The lowest BCUT2D eigenvalue weighted by Crippen LogP contribution is -2.00. The average Bonchev–Trinajstić information content (AvgIpc) is 2.52. The maximum Gasteiger partial charge on any atom is 0.225 e. The Balaban J connectivity index is 1.92. The molecule has 0 bridgehead atoms. The third kappa shape index (κ3) is 3.13. The van der Waals surface area contributed by atoms with Crippen LogP contribution in [0.1, 0.15) is 5.56 Å². The molecule has 3 aromatic rings. The highest BCUT2D eigenvalue weighted by Gasteiger charge is 2.08. The first-order valence-electron chi connectivity index (χ1n) is 6.44. The smallest absolute Gasteiger partial charge is 0.225 e. The first kappa shape index (κ1) is 13.8. The number of thioether (sulfide) groups is 1. The van der Waals surface area contributed by atoms with Gasteiger partial charge in [-0.15, -0.1) is 0 Å². The van der Waals surface area contributed by atoms with Crippen LogP contribution in [-0.2, 0) is 6.61 Å². The van der Waals surface area contributed by atoms with Crippen LogP contribution < -0.4 is 4.74 Å². The van der Waals surface area contributed by atoms with Crippen molar-refractivity contribution in [2.75, 3.05) is 6.26 Å². The number of rotatable bonds is 4. The van der Waals surface area contributed by atoms with E-state index in [0.29, 0.717) is 11.0 Å². The summed E-state index contributed by atoms with van der Waals surface area (Å²) in [5.41, 5.74) is 1.61. The molecule has 0 amide bonds. The predicted molar refractivity (Wildman–Crippen MR) is 82.1 cm³/mol. The minimum Gasteiger partial charge on any atom is -0.472 e. The van der Waals surface area contributed by atoms with E-state index in [1.165, 1.54) is 23.9 Å². The van der Waals surface area contributed by atoms with Crippen LogP contribution in [-0.4, -0.2) is 16.2 Å². The van der Waals surface area contributed by atoms with Gasteiger partial charge in [-0.25, -0.2) is 9.37 Å². The molecule has 0 aliphatic carbocycles. The molecule has 0 atom stereocenters. The molecule has 3 rings (SSSR count). The summed E-state index contributed by atoms with van der Waals surface area (Å²) < 4.78 is 19.0. The standard InChI is InChI=1S/C16H13FN2OS/c1-21-16-18-14-8-3-2-7-13(14)15(19-16)20-10-11-5-4-6-12(17)9-11/h2-9H,10H2,1H3. The highest BCUT2D eigenvalue weighted by atomic mass is 32.2. The molecule has 0 aliphatic heterocycles. The summed E-state index contributed by atoms with van der Waals surface area (Å²) in [6.45, 7) is 0.270. The van der Waals surface area contributed by atoms with Gasteiger partial charge in [-0.05, 0) is 36.1 Å². The maximum atomic E-state index is 13.2. The zero-order chi connectivity index (χ0) is 14.7. The molecule has 1 heterocycles. The number of halogens is 1. The van der Waals surface area contributed by atoms with Crippen LogP contribution in [0.4, 0.5) is 4.39 Å². The van der Waals surface area contributed by atoms with Crippen LogP contribution in [0.2, 0.25) is 0 Å². The van der Waals surface area contributed by atoms with E-state index in [0.717, 1.165) is 16.5 Å². The monoisotopic (exact) mass is 300 g/mol. The van der Waals surface area contributed by atoms with Crippen LogP contribution in [0.3, 0.4) is 0 Å². The Bertz CT molecular complexity index is 779. The first-order valence-corrected chi connectivity index (χ1v) is 7.67. The van der Waals surface area contributed by atoms with Crippen LogP contribution in [0.15, 0.2) is 53.7 Å². The highest BCUT2D eigenvalue weighted by Crippen LogP contribution is 2.25. The molecule has 2 aromatic carbocycles. The van der Waals surface area contributed by atoms with Gasteiger partial charge in [0.1, 0.15) is 12.4 Å². The quantitative estimate of drug-likeness (QED) is 0.537. The van der Waals surface area contributed by atoms with Gasteiger partial charge in [-0.3, -0.25) is 0 Å². The zero-order valence-corrected chi connectivity index (χ0v) is 12.2. The van der Waals surface area contributed by atoms with Gasteiger partial charge >= 0.3 is 0 Å². The summed E-state index contributed by atoms with van der Waals surface area (Å²) in [6, 6.07) is 14.0. The Morgan fingerprint density at radius 2 is 1.95 bits per heavy atom. The number of ether oxygens (including phenoxy) is 1. The first-order chi connectivity index (χ1) is 10.3. The molecule has 0 saturated carbocycles. The number of nitrogens with zero attached hydrogens (tertiary/aromatic N) is 2. The molecule has 0 radical (unpaired) electrons. The van der Waals surface area contributed by atoms with E-state index in [9.17, 15) is 4.39 Å². The Hall–Kier alpha value is -2.14. The van der Waals surface area contributed by atoms with Crippen molar-refractivity contribution in [3.05, 3.63) is 59.9 Å². The van der Waals surface area contributed by atoms with Crippen molar-refractivity contribution in [1.29, 1.82) is 0 Å². The number of hydrogen-bond acceptors (Lipinski definition) is 4. The van der Waals surface area contributed by atoms with Gasteiger partial charge in [0.2, 0.25) is 5.88 Å². The van der Waals surface area contributed by atoms with E-state index >= 15 is 0 Å². The van der Waals surface area contributed by atoms with E-state index in [-0.39, 0.29) is 12.4 Å². The summed E-state index contributed by atoms with van der Waals surface area (Å²) in [4.78, 5) is 8.83. The molecule has 5 heteroatoms. The van der Waals surface area contributed by atoms with E-state index in [4.69, 9.17) is 4.74 Å². The second kappa shape index (κ2) is 6.10. The summed E-state index contributed by atoms with van der Waals surface area (Å²) >= 11 is 1.46. The van der Waals surface area contributed by atoms with Crippen molar-refractivity contribution in [2.45, 2.75) is 11.8 Å². The summed E-state index contributed by atoms with van der Waals surface area (Å²) in [5.74, 6) is 0.252. The zero-order valence-electron chi connectivity index (χ0n) is 11.4. The predicted octanol–water partition coefficient (Wildman–Crippen LogP) is 4.07. The van der Waals surface area contributed by atoms with Crippen LogP contribution in [0.25, 0.3) is 10.9 Å². The van der Waals surface area contributed by atoms with Gasteiger partial charge in [-0.2, -0.15) is 4.98 Å². The van der Waals surface area contributed by atoms with Crippen LogP contribution in [0.5, 0.6) is 5.88 Å². The molecule has 1 aromatic heterocycles. The molecule has 0 fully saturated rings. The third-order valence-electron chi connectivity index (χ3n) is 2.99. The number of benzene rings is 2.